The summed E-state index contributed by atoms with van der Waals surface area (Å²) in [7, 11) is 0. The molecule has 1 aromatic carbocycles. The van der Waals surface area contributed by atoms with Crippen molar-refractivity contribution >= 4 is 35.2 Å². The number of piperazine rings is 1. The van der Waals surface area contributed by atoms with Crippen LogP contribution in [0.1, 0.15) is 24.8 Å². The number of pyridine rings is 1. The van der Waals surface area contributed by atoms with Gasteiger partial charge in [-0.05, 0) is 68.1 Å². The fourth-order valence-corrected chi connectivity index (χ4v) is 6.51. The van der Waals surface area contributed by atoms with Gasteiger partial charge in [0.05, 0.1) is 18.1 Å². The monoisotopic (exact) mass is 597 g/mol. The van der Waals surface area contributed by atoms with E-state index in [2.05, 4.69) is 30.0 Å². The zero-order chi connectivity index (χ0) is 28.3. The number of anilines is 1. The third-order valence-corrected chi connectivity index (χ3v) is 8.55. The average molecular weight is 599 g/mol. The van der Waals surface area contributed by atoms with Gasteiger partial charge < -0.3 is 20.1 Å². The van der Waals surface area contributed by atoms with Gasteiger partial charge in [0.15, 0.2) is 5.75 Å². The highest BCUT2D eigenvalue weighted by molar-refractivity contribution is 6.35. The molecule has 5 heterocycles. The van der Waals surface area contributed by atoms with Crippen LogP contribution in [0, 0.1) is 5.92 Å². The maximum absolute atomic E-state index is 10.9. The minimum Gasteiger partial charge on any atom is -0.465 e. The number of aromatic nitrogens is 3. The van der Waals surface area contributed by atoms with E-state index in [0.29, 0.717) is 52.4 Å². The lowest BCUT2D eigenvalue weighted by atomic mass is 9.96. The summed E-state index contributed by atoms with van der Waals surface area (Å²) in [6.07, 6.45) is 5.47. The third-order valence-electron chi connectivity index (χ3n) is 8.11. The first-order valence-corrected chi connectivity index (χ1v) is 14.8. The fourth-order valence-electron chi connectivity index (χ4n) is 5.99. The molecule has 2 bridgehead atoms. The molecule has 3 saturated heterocycles. The van der Waals surface area contributed by atoms with E-state index in [1.165, 1.54) is 0 Å². The van der Waals surface area contributed by atoms with Crippen LogP contribution in [0.25, 0.3) is 11.3 Å². The summed E-state index contributed by atoms with van der Waals surface area (Å²) in [4.78, 5) is 32.0. The molecule has 6 rings (SSSR count). The standard InChI is InChI=1S/C29H33Cl2N7O3/c30-22-11-21(12-23(31)13-22)26-9-20(17-36-4-1-19(2-5-36)14-34-29(39)40)10-27(35-26)41-25-15-32-28(33-16-25)38-8-7-37-6-3-24(38)18-37/h9-13,15-16,19,24,34H,1-8,14,17-18H2,(H,39,40). The maximum atomic E-state index is 10.9. The van der Waals surface area contributed by atoms with Crippen molar-refractivity contribution in [2.24, 2.45) is 5.92 Å². The highest BCUT2D eigenvalue weighted by Crippen LogP contribution is 2.31. The number of nitrogens with one attached hydrogen (secondary N) is 1. The number of hydrogen-bond acceptors (Lipinski definition) is 8. The van der Waals surface area contributed by atoms with Crippen LogP contribution in [0.4, 0.5) is 10.7 Å². The van der Waals surface area contributed by atoms with Gasteiger partial charge in [-0.3, -0.25) is 9.80 Å². The molecule has 0 aliphatic carbocycles. The Balaban J connectivity index is 1.19. The molecular formula is C29H33Cl2N7O3. The van der Waals surface area contributed by atoms with Crippen LogP contribution in [-0.2, 0) is 6.54 Å². The second-order valence-electron chi connectivity index (χ2n) is 11.0. The largest absolute Gasteiger partial charge is 0.465 e. The molecule has 10 nitrogen and oxygen atoms in total. The number of nitrogens with zero attached hydrogens (tertiary/aromatic N) is 6. The van der Waals surface area contributed by atoms with Crippen LogP contribution >= 0.6 is 23.2 Å². The van der Waals surface area contributed by atoms with Crippen LogP contribution in [0.15, 0.2) is 42.7 Å². The summed E-state index contributed by atoms with van der Waals surface area (Å²) in [5.74, 6) is 2.05. The van der Waals surface area contributed by atoms with E-state index in [9.17, 15) is 4.79 Å². The molecule has 41 heavy (non-hydrogen) atoms. The number of likely N-dealkylation sites (tertiary alicyclic amines) is 1. The highest BCUT2D eigenvalue weighted by Gasteiger charge is 2.33. The van der Waals surface area contributed by atoms with E-state index in [1.807, 2.05) is 24.3 Å². The van der Waals surface area contributed by atoms with E-state index >= 15 is 0 Å². The third kappa shape index (κ3) is 7.01. The fraction of sp³-hybridized carbons (Fsp3) is 0.448. The number of rotatable bonds is 8. The molecule has 0 radical (unpaired) electrons. The van der Waals surface area contributed by atoms with Gasteiger partial charge in [0, 0.05) is 67.0 Å². The average Bonchev–Trinajstić information content (AvgIpc) is 3.33. The zero-order valence-electron chi connectivity index (χ0n) is 22.7. The molecule has 0 spiro atoms. The van der Waals surface area contributed by atoms with Gasteiger partial charge in [0.25, 0.3) is 0 Å². The lowest BCUT2D eigenvalue weighted by molar-refractivity contribution is 0.166. The van der Waals surface area contributed by atoms with Gasteiger partial charge in [0.2, 0.25) is 11.8 Å². The van der Waals surface area contributed by atoms with Crippen molar-refractivity contribution in [2.45, 2.75) is 31.8 Å². The zero-order valence-corrected chi connectivity index (χ0v) is 24.2. The molecule has 2 unspecified atom stereocenters. The Hall–Kier alpha value is -3.18. The van der Waals surface area contributed by atoms with Crippen LogP contribution in [0.2, 0.25) is 10.0 Å². The van der Waals surface area contributed by atoms with Crippen molar-refractivity contribution in [3.63, 3.8) is 0 Å². The van der Waals surface area contributed by atoms with Gasteiger partial charge in [-0.2, -0.15) is 0 Å². The van der Waals surface area contributed by atoms with E-state index in [0.717, 1.165) is 75.6 Å². The van der Waals surface area contributed by atoms with Gasteiger partial charge in [-0.15, -0.1) is 0 Å². The summed E-state index contributed by atoms with van der Waals surface area (Å²) in [5, 5.41) is 12.5. The summed E-state index contributed by atoms with van der Waals surface area (Å²) in [5.41, 5.74) is 2.55. The van der Waals surface area contributed by atoms with E-state index in [-0.39, 0.29) is 0 Å². The number of amides is 1. The van der Waals surface area contributed by atoms with Crippen LogP contribution in [0.3, 0.4) is 0 Å². The molecule has 3 aliphatic rings. The Kier molecular flexibility index (Phi) is 8.43. The van der Waals surface area contributed by atoms with Crippen LogP contribution < -0.4 is 15.0 Å². The lowest BCUT2D eigenvalue weighted by Crippen LogP contribution is -2.47. The first-order valence-electron chi connectivity index (χ1n) is 14.0. The molecule has 2 N–H and O–H groups in total. The first-order chi connectivity index (χ1) is 19.9. The number of piperidine rings is 1. The van der Waals surface area contributed by atoms with E-state index in [4.69, 9.17) is 38.0 Å². The lowest BCUT2D eigenvalue weighted by Gasteiger charge is -2.34. The van der Waals surface area contributed by atoms with Crippen molar-refractivity contribution < 1.29 is 14.6 Å². The Morgan fingerprint density at radius 1 is 0.976 bits per heavy atom. The predicted molar refractivity (Wildman–Crippen MR) is 158 cm³/mol. The van der Waals surface area contributed by atoms with Gasteiger partial charge in [-0.1, -0.05) is 23.2 Å². The molecule has 0 saturated carbocycles. The number of halogens is 2. The molecule has 3 aliphatic heterocycles. The maximum Gasteiger partial charge on any atom is 0.404 e. The van der Waals surface area contributed by atoms with Crippen LogP contribution in [0.5, 0.6) is 11.6 Å². The van der Waals surface area contributed by atoms with Crippen molar-refractivity contribution in [2.75, 3.05) is 50.7 Å². The molecule has 3 aromatic rings. The molecule has 3 fully saturated rings. The summed E-state index contributed by atoms with van der Waals surface area (Å²) >= 11 is 12.6. The molecule has 12 heteroatoms. The van der Waals surface area contributed by atoms with Crippen LogP contribution in [-0.4, -0.2) is 87.8 Å². The number of carbonyl (C=O) groups is 1. The Labute approximate surface area is 249 Å². The predicted octanol–water partition coefficient (Wildman–Crippen LogP) is 5.01. The Bertz CT molecular complexity index is 1370. The summed E-state index contributed by atoms with van der Waals surface area (Å²) in [6, 6.07) is 9.82. The second-order valence-corrected chi connectivity index (χ2v) is 11.9. The summed E-state index contributed by atoms with van der Waals surface area (Å²) < 4.78 is 6.19. The molecule has 216 valence electrons. The van der Waals surface area contributed by atoms with Crippen molar-refractivity contribution in [3.8, 4) is 22.9 Å². The van der Waals surface area contributed by atoms with Crippen molar-refractivity contribution in [3.05, 3.63) is 58.3 Å². The Morgan fingerprint density at radius 3 is 2.46 bits per heavy atom. The quantitative estimate of drug-likeness (QED) is 0.370. The number of carboxylic acid groups (broad SMARTS) is 1. The van der Waals surface area contributed by atoms with Gasteiger partial charge >= 0.3 is 6.09 Å². The highest BCUT2D eigenvalue weighted by atomic mass is 35.5. The van der Waals surface area contributed by atoms with Crippen molar-refractivity contribution in [1.29, 1.82) is 0 Å². The van der Waals surface area contributed by atoms with Gasteiger partial charge in [-0.25, -0.2) is 19.7 Å². The van der Waals surface area contributed by atoms with E-state index < -0.39 is 6.09 Å². The van der Waals surface area contributed by atoms with E-state index in [1.54, 1.807) is 18.5 Å². The summed E-state index contributed by atoms with van der Waals surface area (Å²) in [6.45, 7) is 7.17. The number of benzene rings is 1. The minimum atomic E-state index is -0.970. The normalized spacial score (nSPS) is 21.2. The topological polar surface area (TPSA) is 107 Å². The molecule has 2 aromatic heterocycles. The number of fused-ring (bicyclic) bond motifs is 2. The first kappa shape index (κ1) is 28.0. The molecule has 2 atom stereocenters. The smallest absolute Gasteiger partial charge is 0.404 e. The number of ether oxygens (including phenoxy) is 1. The SMILES string of the molecule is O=C(O)NCC1CCN(Cc2cc(Oc3cnc(N4CCN5CCC4C5)nc3)nc(-c3cc(Cl)cc(Cl)c3)c2)CC1. The second kappa shape index (κ2) is 12.4. The van der Waals surface area contributed by atoms with Crippen molar-refractivity contribution in [1.82, 2.24) is 30.1 Å². The van der Waals surface area contributed by atoms with Gasteiger partial charge in [0.1, 0.15) is 0 Å². The minimum absolute atomic E-state index is 0.350. The number of hydrogen-bond donors (Lipinski definition) is 2. The molecular weight excluding hydrogens is 565 g/mol. The Morgan fingerprint density at radius 2 is 1.73 bits per heavy atom. The molecule has 1 amide bonds.